The zero-order chi connectivity index (χ0) is 19.0. The first-order valence-electron chi connectivity index (χ1n) is 8.66. The molecular formula is C19H18BrFN4O2. The summed E-state index contributed by atoms with van der Waals surface area (Å²) in [5.74, 6) is -0.599. The Balaban J connectivity index is 1.43. The quantitative estimate of drug-likeness (QED) is 0.641. The number of likely N-dealkylation sites (tertiary alicyclic amines) is 1. The molecule has 1 spiro atoms. The molecule has 27 heavy (non-hydrogen) atoms. The molecule has 0 atom stereocenters. The monoisotopic (exact) mass is 432 g/mol. The van der Waals surface area contributed by atoms with Gasteiger partial charge in [0.15, 0.2) is 0 Å². The number of benzene rings is 2. The predicted molar refractivity (Wildman–Crippen MR) is 104 cm³/mol. The molecule has 3 amide bonds. The van der Waals surface area contributed by atoms with E-state index >= 15 is 0 Å². The molecule has 0 bridgehead atoms. The maximum absolute atomic E-state index is 13.7. The molecule has 2 aliphatic heterocycles. The lowest BCUT2D eigenvalue weighted by Crippen LogP contribution is -2.63. The van der Waals surface area contributed by atoms with E-state index in [2.05, 4.69) is 31.9 Å². The number of carbonyl (C=O) groups is 2. The van der Waals surface area contributed by atoms with Gasteiger partial charge in [-0.25, -0.2) is 9.18 Å². The molecule has 6 nitrogen and oxygen atoms in total. The molecule has 0 unspecified atom stereocenters. The van der Waals surface area contributed by atoms with Gasteiger partial charge in [0.1, 0.15) is 11.5 Å². The molecule has 1 saturated heterocycles. The number of amides is 3. The van der Waals surface area contributed by atoms with Crippen molar-refractivity contribution >= 4 is 39.2 Å². The molecule has 2 aromatic carbocycles. The maximum Gasteiger partial charge on any atom is 0.321 e. The van der Waals surface area contributed by atoms with Gasteiger partial charge in [0.2, 0.25) is 0 Å². The minimum absolute atomic E-state index is 0.130. The average molecular weight is 433 g/mol. The van der Waals surface area contributed by atoms with Crippen LogP contribution in [-0.2, 0) is 0 Å². The molecule has 0 aromatic heterocycles. The van der Waals surface area contributed by atoms with Gasteiger partial charge < -0.3 is 20.9 Å². The molecule has 4 rings (SSSR count). The summed E-state index contributed by atoms with van der Waals surface area (Å²) in [6.45, 7) is 0.888. The van der Waals surface area contributed by atoms with E-state index in [1.807, 2.05) is 12.1 Å². The Labute approximate surface area is 164 Å². The average Bonchev–Trinajstić information content (AvgIpc) is 2.65. The van der Waals surface area contributed by atoms with E-state index < -0.39 is 11.5 Å². The first kappa shape index (κ1) is 17.8. The third kappa shape index (κ3) is 3.49. The minimum Gasteiger partial charge on any atom is -0.362 e. The zero-order valence-corrected chi connectivity index (χ0v) is 16.0. The highest BCUT2D eigenvalue weighted by molar-refractivity contribution is 9.10. The first-order valence-corrected chi connectivity index (χ1v) is 9.46. The molecule has 140 valence electrons. The highest BCUT2D eigenvalue weighted by atomic mass is 79.9. The van der Waals surface area contributed by atoms with Gasteiger partial charge in [0, 0.05) is 36.1 Å². The molecule has 3 N–H and O–H groups in total. The van der Waals surface area contributed by atoms with Crippen LogP contribution < -0.4 is 16.0 Å². The predicted octanol–water partition coefficient (Wildman–Crippen LogP) is 3.77. The topological polar surface area (TPSA) is 73.5 Å². The van der Waals surface area contributed by atoms with Crippen LogP contribution in [0.2, 0.25) is 0 Å². The zero-order valence-electron chi connectivity index (χ0n) is 14.4. The van der Waals surface area contributed by atoms with Gasteiger partial charge in [-0.05, 0) is 30.3 Å². The van der Waals surface area contributed by atoms with Crippen LogP contribution in [0.5, 0.6) is 0 Å². The van der Waals surface area contributed by atoms with Crippen LogP contribution in [0.15, 0.2) is 46.9 Å². The number of nitrogens with zero attached hydrogens (tertiary/aromatic N) is 1. The third-order valence-corrected chi connectivity index (χ3v) is 5.47. The van der Waals surface area contributed by atoms with Crippen LogP contribution in [0.3, 0.4) is 0 Å². The second-order valence-corrected chi connectivity index (χ2v) is 7.66. The second kappa shape index (κ2) is 6.84. The molecule has 0 saturated carbocycles. The lowest BCUT2D eigenvalue weighted by Gasteiger charge is -2.45. The standard InChI is InChI=1S/C19H18BrFN4O2/c20-12-5-6-15-13(11-12)17(26)24-19(23-15)7-9-25(10-8-19)18(27)22-16-4-2-1-3-14(16)21/h1-6,11,23H,7-10H2,(H,22,27)(H,24,26). The molecule has 2 heterocycles. The lowest BCUT2D eigenvalue weighted by molar-refractivity contribution is 0.0852. The van der Waals surface area contributed by atoms with Crippen LogP contribution in [0.1, 0.15) is 23.2 Å². The Morgan fingerprint density at radius 1 is 1.15 bits per heavy atom. The highest BCUT2D eigenvalue weighted by Gasteiger charge is 2.41. The van der Waals surface area contributed by atoms with E-state index in [1.54, 1.807) is 23.1 Å². The summed E-state index contributed by atoms with van der Waals surface area (Å²) in [5, 5.41) is 9.06. The van der Waals surface area contributed by atoms with Crippen molar-refractivity contribution in [1.82, 2.24) is 10.2 Å². The number of nitrogens with one attached hydrogen (secondary N) is 3. The van der Waals surface area contributed by atoms with Crippen LogP contribution in [0.4, 0.5) is 20.6 Å². The van der Waals surface area contributed by atoms with Crippen molar-refractivity contribution in [2.45, 2.75) is 18.5 Å². The van der Waals surface area contributed by atoms with Gasteiger partial charge in [0.05, 0.1) is 11.3 Å². The number of anilines is 2. The number of fused-ring (bicyclic) bond motifs is 1. The molecule has 2 aliphatic rings. The number of halogens is 2. The van der Waals surface area contributed by atoms with Crippen LogP contribution >= 0.6 is 15.9 Å². The van der Waals surface area contributed by atoms with Crippen molar-refractivity contribution in [3.63, 3.8) is 0 Å². The maximum atomic E-state index is 13.7. The van der Waals surface area contributed by atoms with Crippen LogP contribution in [-0.4, -0.2) is 35.6 Å². The van der Waals surface area contributed by atoms with Gasteiger partial charge in [-0.2, -0.15) is 0 Å². The number of para-hydroxylation sites is 1. The highest BCUT2D eigenvalue weighted by Crippen LogP contribution is 2.33. The molecule has 0 aliphatic carbocycles. The van der Waals surface area contributed by atoms with Crippen molar-refractivity contribution in [1.29, 1.82) is 0 Å². The van der Waals surface area contributed by atoms with Crippen molar-refractivity contribution in [3.05, 3.63) is 58.3 Å². The number of piperidine rings is 1. The van der Waals surface area contributed by atoms with Crippen molar-refractivity contribution in [2.24, 2.45) is 0 Å². The Morgan fingerprint density at radius 3 is 2.63 bits per heavy atom. The molecule has 8 heteroatoms. The third-order valence-electron chi connectivity index (χ3n) is 4.97. The fourth-order valence-electron chi connectivity index (χ4n) is 3.49. The molecule has 1 fully saturated rings. The lowest BCUT2D eigenvalue weighted by atomic mass is 9.92. The minimum atomic E-state index is -0.577. The van der Waals surface area contributed by atoms with E-state index in [0.717, 1.165) is 10.2 Å². The Kier molecular flexibility index (Phi) is 4.51. The Morgan fingerprint density at radius 2 is 1.89 bits per heavy atom. The fraction of sp³-hybridized carbons (Fsp3) is 0.263. The fourth-order valence-corrected chi connectivity index (χ4v) is 3.85. The van der Waals surface area contributed by atoms with Gasteiger partial charge >= 0.3 is 6.03 Å². The van der Waals surface area contributed by atoms with Crippen molar-refractivity contribution in [2.75, 3.05) is 23.7 Å². The summed E-state index contributed by atoms with van der Waals surface area (Å²) in [5.41, 5.74) is 0.958. The Bertz CT molecular complexity index is 912. The smallest absolute Gasteiger partial charge is 0.321 e. The van der Waals surface area contributed by atoms with E-state index in [0.29, 0.717) is 31.5 Å². The van der Waals surface area contributed by atoms with E-state index in [9.17, 15) is 14.0 Å². The number of urea groups is 1. The number of rotatable bonds is 1. The second-order valence-electron chi connectivity index (χ2n) is 6.75. The van der Waals surface area contributed by atoms with Crippen molar-refractivity contribution < 1.29 is 14.0 Å². The number of hydrogen-bond acceptors (Lipinski definition) is 3. The summed E-state index contributed by atoms with van der Waals surface area (Å²) in [6.07, 6.45) is 1.11. The van der Waals surface area contributed by atoms with Crippen LogP contribution in [0, 0.1) is 5.82 Å². The molecule has 0 radical (unpaired) electrons. The van der Waals surface area contributed by atoms with Gasteiger partial charge in [-0.15, -0.1) is 0 Å². The Hall–Kier alpha value is -2.61. The summed E-state index contributed by atoms with van der Waals surface area (Å²) < 4.78 is 14.6. The molecular weight excluding hydrogens is 415 g/mol. The first-order chi connectivity index (χ1) is 13.0. The van der Waals surface area contributed by atoms with Gasteiger partial charge in [-0.3, -0.25) is 4.79 Å². The summed E-state index contributed by atoms with van der Waals surface area (Å²) in [6, 6.07) is 11.3. The summed E-state index contributed by atoms with van der Waals surface area (Å²) in [4.78, 5) is 26.6. The normalized spacial score (nSPS) is 17.7. The van der Waals surface area contributed by atoms with Crippen LogP contribution in [0.25, 0.3) is 0 Å². The molecule has 2 aromatic rings. The summed E-state index contributed by atoms with van der Waals surface area (Å²) in [7, 11) is 0. The van der Waals surface area contributed by atoms with Gasteiger partial charge in [0.25, 0.3) is 5.91 Å². The van der Waals surface area contributed by atoms with E-state index in [1.165, 1.54) is 12.1 Å². The van der Waals surface area contributed by atoms with E-state index in [-0.39, 0.29) is 17.6 Å². The van der Waals surface area contributed by atoms with Crippen molar-refractivity contribution in [3.8, 4) is 0 Å². The van der Waals surface area contributed by atoms with Gasteiger partial charge in [-0.1, -0.05) is 28.1 Å². The largest absolute Gasteiger partial charge is 0.362 e. The summed E-state index contributed by atoms with van der Waals surface area (Å²) >= 11 is 3.38. The van der Waals surface area contributed by atoms with E-state index in [4.69, 9.17) is 0 Å². The number of carbonyl (C=O) groups excluding carboxylic acids is 2. The SMILES string of the molecule is O=C1NC2(CCN(C(=O)Nc3ccccc3F)CC2)Nc2ccc(Br)cc21. The number of hydrogen-bond donors (Lipinski definition) is 3.